The summed E-state index contributed by atoms with van der Waals surface area (Å²) >= 11 is 12.4. The number of benzene rings is 2. The molecule has 0 fully saturated rings. The van der Waals surface area contributed by atoms with E-state index in [-0.39, 0.29) is 13.2 Å². The summed E-state index contributed by atoms with van der Waals surface area (Å²) in [6.45, 7) is -0.196. The fourth-order valence-corrected chi connectivity index (χ4v) is 3.43. The number of aliphatic hydroxyl groups excluding tert-OH is 2. The molecule has 0 aliphatic carbocycles. The molecular formula is C22H24Cl2O4. The summed E-state index contributed by atoms with van der Waals surface area (Å²) in [6.07, 6.45) is 4.56. The molecule has 0 aliphatic rings. The van der Waals surface area contributed by atoms with Crippen LogP contribution in [0.1, 0.15) is 11.1 Å². The van der Waals surface area contributed by atoms with E-state index in [1.807, 2.05) is 36.4 Å². The van der Waals surface area contributed by atoms with E-state index in [9.17, 15) is 10.2 Å². The molecule has 0 radical (unpaired) electrons. The Morgan fingerprint density at radius 2 is 1.43 bits per heavy atom. The Kier molecular flexibility index (Phi) is 8.87. The van der Waals surface area contributed by atoms with Gasteiger partial charge in [0.05, 0.1) is 37.5 Å². The van der Waals surface area contributed by atoms with Crippen LogP contribution in [0.5, 0.6) is 11.5 Å². The van der Waals surface area contributed by atoms with Crippen molar-refractivity contribution in [3.8, 4) is 11.5 Å². The Hall–Kier alpha value is -1.98. The van der Waals surface area contributed by atoms with E-state index in [0.29, 0.717) is 34.4 Å². The van der Waals surface area contributed by atoms with Crippen molar-refractivity contribution in [1.82, 2.24) is 0 Å². The van der Waals surface area contributed by atoms with E-state index in [2.05, 4.69) is 0 Å². The molecule has 0 saturated carbocycles. The molecule has 2 rings (SSSR count). The van der Waals surface area contributed by atoms with E-state index < -0.39 is 0 Å². The van der Waals surface area contributed by atoms with Gasteiger partial charge in [0.25, 0.3) is 0 Å². The Morgan fingerprint density at radius 3 is 1.86 bits per heavy atom. The van der Waals surface area contributed by atoms with Gasteiger partial charge in [0.15, 0.2) is 0 Å². The number of allylic oxidation sites excluding steroid dienone is 2. The van der Waals surface area contributed by atoms with E-state index >= 15 is 0 Å². The Bertz CT molecular complexity index is 860. The van der Waals surface area contributed by atoms with Crippen LogP contribution in [0.2, 0.25) is 10.0 Å². The first-order valence-electron chi connectivity index (χ1n) is 8.76. The number of hydrogen-bond acceptors (Lipinski definition) is 4. The Labute approximate surface area is 175 Å². The first kappa shape index (κ1) is 22.3. The summed E-state index contributed by atoms with van der Waals surface area (Å²) < 4.78 is 10.4. The van der Waals surface area contributed by atoms with Crippen LogP contribution < -0.4 is 9.47 Å². The maximum Gasteiger partial charge on any atom is 0.137 e. The third-order valence-electron chi connectivity index (χ3n) is 4.31. The van der Waals surface area contributed by atoms with Crippen molar-refractivity contribution in [3.63, 3.8) is 0 Å². The molecule has 0 heterocycles. The van der Waals surface area contributed by atoms with Crippen molar-refractivity contribution in [2.75, 3.05) is 27.4 Å². The minimum Gasteiger partial charge on any atom is -0.495 e. The monoisotopic (exact) mass is 422 g/mol. The highest BCUT2D eigenvalue weighted by atomic mass is 35.5. The molecule has 0 amide bonds. The summed E-state index contributed by atoms with van der Waals surface area (Å²) in [4.78, 5) is 0. The standard InChI is InChI=1S/C22H24Cl2O4/c1-27-21-7-5-15(12-19(21)23)10-17(4-3-9-25)18(14-26)11-16-6-8-22(28-2)20(24)13-16/h3-8,12-13,25-26H,9-11,14H2,1-2H3/b4-3+,18-17-. The second kappa shape index (κ2) is 11.1. The number of aliphatic hydroxyl groups is 2. The van der Waals surface area contributed by atoms with Gasteiger partial charge in [0.1, 0.15) is 11.5 Å². The van der Waals surface area contributed by atoms with Crippen LogP contribution in [0.25, 0.3) is 0 Å². The van der Waals surface area contributed by atoms with Crippen molar-refractivity contribution >= 4 is 23.2 Å². The van der Waals surface area contributed by atoms with Gasteiger partial charge >= 0.3 is 0 Å². The predicted octanol–water partition coefficient (Wildman–Crippen LogP) is 4.63. The van der Waals surface area contributed by atoms with E-state index in [4.69, 9.17) is 32.7 Å². The molecule has 0 spiro atoms. The SMILES string of the molecule is COc1ccc(CC(/C=C/CO)=C(\CO)Cc2ccc(OC)c(Cl)c2)cc1Cl. The molecule has 2 aromatic rings. The summed E-state index contributed by atoms with van der Waals surface area (Å²) in [5.74, 6) is 1.21. The van der Waals surface area contributed by atoms with Crippen LogP contribution in [0, 0.1) is 0 Å². The van der Waals surface area contributed by atoms with Gasteiger partial charge in [-0.2, -0.15) is 0 Å². The maximum absolute atomic E-state index is 9.98. The lowest BCUT2D eigenvalue weighted by Gasteiger charge is -2.13. The third kappa shape index (κ3) is 6.01. The number of rotatable bonds is 9. The van der Waals surface area contributed by atoms with Gasteiger partial charge in [-0.3, -0.25) is 0 Å². The molecule has 6 heteroatoms. The number of methoxy groups -OCH3 is 2. The summed E-state index contributed by atoms with van der Waals surface area (Å²) in [6, 6.07) is 11.1. The fourth-order valence-electron chi connectivity index (χ4n) is 2.87. The zero-order chi connectivity index (χ0) is 20.5. The molecule has 0 atom stereocenters. The van der Waals surface area contributed by atoms with Gasteiger partial charge in [-0.15, -0.1) is 0 Å². The predicted molar refractivity (Wildman–Crippen MR) is 114 cm³/mol. The van der Waals surface area contributed by atoms with Gasteiger partial charge in [0.2, 0.25) is 0 Å². The lowest BCUT2D eigenvalue weighted by molar-refractivity contribution is 0.327. The summed E-state index contributed by atoms with van der Waals surface area (Å²) in [7, 11) is 3.14. The highest BCUT2D eigenvalue weighted by molar-refractivity contribution is 6.32. The van der Waals surface area contributed by atoms with Crippen molar-refractivity contribution in [3.05, 3.63) is 80.9 Å². The van der Waals surface area contributed by atoms with E-state index in [0.717, 1.165) is 22.3 Å². The van der Waals surface area contributed by atoms with Crippen molar-refractivity contribution in [2.45, 2.75) is 12.8 Å². The molecule has 0 unspecified atom stereocenters. The Balaban J connectivity index is 2.35. The fraction of sp³-hybridized carbons (Fsp3) is 0.273. The van der Waals surface area contributed by atoms with Gasteiger partial charge in [0, 0.05) is 0 Å². The molecule has 2 N–H and O–H groups in total. The van der Waals surface area contributed by atoms with E-state index in [1.54, 1.807) is 26.4 Å². The number of ether oxygens (including phenoxy) is 2. The van der Waals surface area contributed by atoms with Crippen LogP contribution in [0.3, 0.4) is 0 Å². The zero-order valence-electron chi connectivity index (χ0n) is 15.9. The minimum atomic E-state index is -0.112. The van der Waals surface area contributed by atoms with Crippen molar-refractivity contribution in [2.24, 2.45) is 0 Å². The molecule has 150 valence electrons. The third-order valence-corrected chi connectivity index (χ3v) is 4.90. The van der Waals surface area contributed by atoms with Crippen LogP contribution in [-0.2, 0) is 12.8 Å². The molecular weight excluding hydrogens is 399 g/mol. The maximum atomic E-state index is 9.98. The van der Waals surface area contributed by atoms with Crippen LogP contribution in [0.15, 0.2) is 59.7 Å². The smallest absolute Gasteiger partial charge is 0.137 e. The van der Waals surface area contributed by atoms with Gasteiger partial charge in [-0.1, -0.05) is 47.5 Å². The summed E-state index contributed by atoms with van der Waals surface area (Å²) in [5, 5.41) is 20.2. The van der Waals surface area contributed by atoms with Crippen LogP contribution in [-0.4, -0.2) is 37.6 Å². The summed E-state index contributed by atoms with van der Waals surface area (Å²) in [5.41, 5.74) is 3.67. The van der Waals surface area contributed by atoms with Gasteiger partial charge in [-0.25, -0.2) is 0 Å². The van der Waals surface area contributed by atoms with E-state index in [1.165, 1.54) is 0 Å². The molecule has 0 aliphatic heterocycles. The first-order valence-corrected chi connectivity index (χ1v) is 9.52. The lowest BCUT2D eigenvalue weighted by Crippen LogP contribution is -2.03. The quantitative estimate of drug-likeness (QED) is 0.578. The zero-order valence-corrected chi connectivity index (χ0v) is 17.4. The van der Waals surface area contributed by atoms with Crippen molar-refractivity contribution in [1.29, 1.82) is 0 Å². The topological polar surface area (TPSA) is 58.9 Å². The molecule has 28 heavy (non-hydrogen) atoms. The second-order valence-electron chi connectivity index (χ2n) is 6.16. The average Bonchev–Trinajstić information content (AvgIpc) is 2.69. The minimum absolute atomic E-state index is 0.0834. The second-order valence-corrected chi connectivity index (χ2v) is 6.98. The molecule has 0 saturated heterocycles. The molecule has 0 bridgehead atoms. The first-order chi connectivity index (χ1) is 13.5. The normalized spacial score (nSPS) is 12.2. The molecule has 2 aromatic carbocycles. The molecule has 4 nitrogen and oxygen atoms in total. The van der Waals surface area contributed by atoms with Gasteiger partial charge < -0.3 is 19.7 Å². The largest absolute Gasteiger partial charge is 0.495 e. The lowest BCUT2D eigenvalue weighted by atomic mass is 9.95. The number of halogens is 2. The van der Waals surface area contributed by atoms with Crippen LogP contribution in [0.4, 0.5) is 0 Å². The average molecular weight is 423 g/mol. The highest BCUT2D eigenvalue weighted by Crippen LogP contribution is 2.29. The highest BCUT2D eigenvalue weighted by Gasteiger charge is 2.10. The molecule has 0 aromatic heterocycles. The van der Waals surface area contributed by atoms with Gasteiger partial charge in [-0.05, 0) is 59.4 Å². The number of hydrogen-bond donors (Lipinski definition) is 2. The van der Waals surface area contributed by atoms with Crippen molar-refractivity contribution < 1.29 is 19.7 Å². The Morgan fingerprint density at radius 1 is 0.893 bits per heavy atom. The van der Waals surface area contributed by atoms with Crippen LogP contribution >= 0.6 is 23.2 Å².